The minimum atomic E-state index is -1.10. The topological polar surface area (TPSA) is 107 Å². The van der Waals surface area contributed by atoms with E-state index in [1.54, 1.807) is 4.90 Å². The van der Waals surface area contributed by atoms with Gasteiger partial charge in [-0.1, -0.05) is 0 Å². The lowest BCUT2D eigenvalue weighted by molar-refractivity contribution is -0.157. The number of hydrogen-bond acceptors (Lipinski definition) is 5. The number of ether oxygens (including phenoxy) is 1. The zero-order chi connectivity index (χ0) is 15.3. The van der Waals surface area contributed by atoms with Crippen LogP contribution in [0.25, 0.3) is 0 Å². The molecule has 20 heavy (non-hydrogen) atoms. The predicted molar refractivity (Wildman–Crippen MR) is 70.4 cm³/mol. The zero-order valence-electron chi connectivity index (χ0n) is 11.9. The first-order valence-electron chi connectivity index (χ1n) is 6.79. The van der Waals surface area contributed by atoms with Gasteiger partial charge in [-0.3, -0.25) is 14.5 Å². The number of aliphatic hydroxyl groups excluding tert-OH is 1. The number of aliphatic hydroxyl groups is 1. The Morgan fingerprint density at radius 1 is 1.25 bits per heavy atom. The molecule has 1 heterocycles. The Labute approximate surface area is 118 Å². The SMILES string of the molecule is CC(C)OCC(O)CN1CCC(C(=O)O)C(C(=O)O)C1. The van der Waals surface area contributed by atoms with Crippen molar-refractivity contribution in [3.63, 3.8) is 0 Å². The van der Waals surface area contributed by atoms with E-state index in [-0.39, 0.29) is 25.7 Å². The normalized spacial score (nSPS) is 25.6. The monoisotopic (exact) mass is 289 g/mol. The zero-order valence-corrected chi connectivity index (χ0v) is 11.9. The lowest BCUT2D eigenvalue weighted by atomic mass is 9.85. The Morgan fingerprint density at radius 2 is 1.85 bits per heavy atom. The molecule has 1 aliphatic heterocycles. The third kappa shape index (κ3) is 5.07. The molecule has 0 aromatic carbocycles. The molecule has 0 radical (unpaired) electrons. The minimum absolute atomic E-state index is 0.0224. The third-order valence-corrected chi connectivity index (χ3v) is 3.42. The molecule has 7 nitrogen and oxygen atoms in total. The summed E-state index contributed by atoms with van der Waals surface area (Å²) in [6.45, 7) is 4.83. The van der Waals surface area contributed by atoms with Gasteiger partial charge in [0.2, 0.25) is 0 Å². The van der Waals surface area contributed by atoms with Gasteiger partial charge in [0.25, 0.3) is 0 Å². The average Bonchev–Trinajstić information content (AvgIpc) is 2.35. The van der Waals surface area contributed by atoms with E-state index >= 15 is 0 Å². The van der Waals surface area contributed by atoms with E-state index in [2.05, 4.69) is 0 Å². The highest BCUT2D eigenvalue weighted by Gasteiger charge is 2.38. The third-order valence-electron chi connectivity index (χ3n) is 3.42. The standard InChI is InChI=1S/C13H23NO6/c1-8(2)20-7-9(15)5-14-4-3-10(12(16)17)11(6-14)13(18)19/h8-11,15H,3-7H2,1-2H3,(H,16,17)(H,18,19). The summed E-state index contributed by atoms with van der Waals surface area (Å²) in [7, 11) is 0. The summed E-state index contributed by atoms with van der Waals surface area (Å²) in [5.74, 6) is -3.96. The maximum Gasteiger partial charge on any atom is 0.308 e. The quantitative estimate of drug-likeness (QED) is 0.599. The molecule has 0 amide bonds. The molecule has 116 valence electrons. The Balaban J connectivity index is 2.50. The number of carboxylic acids is 2. The molecule has 3 unspecified atom stereocenters. The van der Waals surface area contributed by atoms with Gasteiger partial charge in [0.15, 0.2) is 0 Å². The summed E-state index contributed by atoms with van der Waals surface area (Å²) >= 11 is 0. The summed E-state index contributed by atoms with van der Waals surface area (Å²) < 4.78 is 5.29. The van der Waals surface area contributed by atoms with Crippen molar-refractivity contribution in [2.45, 2.75) is 32.5 Å². The van der Waals surface area contributed by atoms with Crippen LogP contribution in [0.3, 0.4) is 0 Å². The molecule has 1 fully saturated rings. The molecule has 0 aliphatic carbocycles. The minimum Gasteiger partial charge on any atom is -0.481 e. The molecule has 0 saturated carbocycles. The van der Waals surface area contributed by atoms with Crippen LogP contribution in [-0.2, 0) is 14.3 Å². The van der Waals surface area contributed by atoms with E-state index in [9.17, 15) is 14.7 Å². The Bertz CT molecular complexity index is 346. The van der Waals surface area contributed by atoms with E-state index < -0.39 is 29.9 Å². The first-order chi connectivity index (χ1) is 9.31. The summed E-state index contributed by atoms with van der Waals surface area (Å²) in [5, 5.41) is 27.9. The number of hydrogen-bond donors (Lipinski definition) is 3. The summed E-state index contributed by atoms with van der Waals surface area (Å²) in [5.41, 5.74) is 0. The summed E-state index contributed by atoms with van der Waals surface area (Å²) in [4.78, 5) is 23.9. The largest absolute Gasteiger partial charge is 0.481 e. The number of β-amino-alcohol motifs (C(OH)–C–C–N with tert-alkyl or cyclic N) is 1. The summed E-state index contributed by atoms with van der Waals surface area (Å²) in [6, 6.07) is 0. The molecular formula is C13H23NO6. The van der Waals surface area contributed by atoms with Crippen molar-refractivity contribution in [1.82, 2.24) is 4.90 Å². The predicted octanol–water partition coefficient (Wildman–Crippen LogP) is -0.120. The van der Waals surface area contributed by atoms with Crippen LogP contribution in [0.4, 0.5) is 0 Å². The van der Waals surface area contributed by atoms with Gasteiger partial charge in [0, 0.05) is 13.1 Å². The highest BCUT2D eigenvalue weighted by atomic mass is 16.5. The summed E-state index contributed by atoms with van der Waals surface area (Å²) in [6.07, 6.45) is -0.397. The van der Waals surface area contributed by atoms with Gasteiger partial charge >= 0.3 is 11.9 Å². The fraction of sp³-hybridized carbons (Fsp3) is 0.846. The fourth-order valence-corrected chi connectivity index (χ4v) is 2.39. The molecule has 0 aromatic rings. The van der Waals surface area contributed by atoms with Gasteiger partial charge < -0.3 is 20.1 Å². The second kappa shape index (κ2) is 7.56. The van der Waals surface area contributed by atoms with Crippen molar-refractivity contribution in [2.75, 3.05) is 26.2 Å². The van der Waals surface area contributed by atoms with E-state index in [4.69, 9.17) is 14.9 Å². The van der Waals surface area contributed by atoms with Gasteiger partial charge in [-0.05, 0) is 26.8 Å². The van der Waals surface area contributed by atoms with Crippen LogP contribution in [0.5, 0.6) is 0 Å². The molecule has 1 saturated heterocycles. The molecule has 0 spiro atoms. The Morgan fingerprint density at radius 3 is 2.35 bits per heavy atom. The first-order valence-corrected chi connectivity index (χ1v) is 6.79. The van der Waals surface area contributed by atoms with E-state index in [1.807, 2.05) is 13.8 Å². The number of carboxylic acid groups (broad SMARTS) is 2. The molecule has 3 N–H and O–H groups in total. The van der Waals surface area contributed by atoms with Gasteiger partial charge in [-0.15, -0.1) is 0 Å². The number of aliphatic carboxylic acids is 2. The van der Waals surface area contributed by atoms with Gasteiger partial charge in [0.1, 0.15) is 0 Å². The first kappa shape index (κ1) is 16.9. The number of piperidine rings is 1. The number of rotatable bonds is 7. The maximum atomic E-state index is 11.1. The van der Waals surface area contributed by atoms with Crippen LogP contribution < -0.4 is 0 Å². The van der Waals surface area contributed by atoms with E-state index in [0.717, 1.165) is 0 Å². The number of nitrogens with zero attached hydrogens (tertiary/aromatic N) is 1. The molecular weight excluding hydrogens is 266 g/mol. The van der Waals surface area contributed by atoms with Crippen molar-refractivity contribution >= 4 is 11.9 Å². The Kier molecular flexibility index (Phi) is 6.38. The highest BCUT2D eigenvalue weighted by molar-refractivity contribution is 5.80. The lowest BCUT2D eigenvalue weighted by Crippen LogP contribution is -2.49. The van der Waals surface area contributed by atoms with Crippen molar-refractivity contribution in [1.29, 1.82) is 0 Å². The number of carbonyl (C=O) groups is 2. The van der Waals surface area contributed by atoms with Gasteiger partial charge in [0.05, 0.1) is 30.7 Å². The molecule has 0 aromatic heterocycles. The molecule has 1 rings (SSSR count). The van der Waals surface area contributed by atoms with Crippen LogP contribution in [-0.4, -0.2) is 70.6 Å². The molecule has 1 aliphatic rings. The Hall–Kier alpha value is -1.18. The maximum absolute atomic E-state index is 11.1. The smallest absolute Gasteiger partial charge is 0.308 e. The van der Waals surface area contributed by atoms with Gasteiger partial charge in [-0.25, -0.2) is 0 Å². The second-order valence-electron chi connectivity index (χ2n) is 5.47. The van der Waals surface area contributed by atoms with E-state index in [1.165, 1.54) is 0 Å². The average molecular weight is 289 g/mol. The molecule has 3 atom stereocenters. The lowest BCUT2D eigenvalue weighted by Gasteiger charge is -2.35. The van der Waals surface area contributed by atoms with Crippen LogP contribution in [0.2, 0.25) is 0 Å². The van der Waals surface area contributed by atoms with E-state index in [0.29, 0.717) is 13.1 Å². The van der Waals surface area contributed by atoms with Crippen molar-refractivity contribution < 1.29 is 29.6 Å². The number of likely N-dealkylation sites (tertiary alicyclic amines) is 1. The van der Waals surface area contributed by atoms with Crippen molar-refractivity contribution in [3.8, 4) is 0 Å². The van der Waals surface area contributed by atoms with Crippen LogP contribution in [0.1, 0.15) is 20.3 Å². The van der Waals surface area contributed by atoms with Gasteiger partial charge in [-0.2, -0.15) is 0 Å². The van der Waals surface area contributed by atoms with Crippen LogP contribution in [0.15, 0.2) is 0 Å². The van der Waals surface area contributed by atoms with Crippen molar-refractivity contribution in [3.05, 3.63) is 0 Å². The molecule has 7 heteroatoms. The van der Waals surface area contributed by atoms with Crippen LogP contribution in [0, 0.1) is 11.8 Å². The highest BCUT2D eigenvalue weighted by Crippen LogP contribution is 2.24. The fourth-order valence-electron chi connectivity index (χ4n) is 2.39. The molecule has 0 bridgehead atoms. The van der Waals surface area contributed by atoms with Crippen LogP contribution >= 0.6 is 0 Å². The second-order valence-corrected chi connectivity index (χ2v) is 5.47. The van der Waals surface area contributed by atoms with Crippen molar-refractivity contribution in [2.24, 2.45) is 11.8 Å².